The van der Waals surface area contributed by atoms with Crippen molar-refractivity contribution < 1.29 is 80.2 Å². The van der Waals surface area contributed by atoms with Crippen LogP contribution in [0.15, 0.2) is 0 Å². The highest BCUT2D eigenvalue weighted by atomic mass is 31.2. The molecule has 0 amide bonds. The largest absolute Gasteiger partial charge is 0.472 e. The predicted molar refractivity (Wildman–Crippen MR) is 271 cm³/mol. The highest BCUT2D eigenvalue weighted by molar-refractivity contribution is 7.47. The van der Waals surface area contributed by atoms with Crippen molar-refractivity contribution in [1.29, 1.82) is 0 Å². The first kappa shape index (κ1) is 68.1. The summed E-state index contributed by atoms with van der Waals surface area (Å²) in [4.78, 5) is 71.2. The van der Waals surface area contributed by atoms with Gasteiger partial charge in [-0.05, 0) is 31.6 Å². The number of rotatable bonds is 51. The van der Waals surface area contributed by atoms with E-state index >= 15 is 0 Å². The third-order valence-electron chi connectivity index (χ3n) is 11.5. The predicted octanol–water partition coefficient (Wildman–Crippen LogP) is 12.7. The van der Waals surface area contributed by atoms with Crippen LogP contribution < -0.4 is 0 Å². The third kappa shape index (κ3) is 45.9. The fraction of sp³-hybridized carbons (Fsp3) is 0.922. The smallest absolute Gasteiger partial charge is 0.462 e. The Labute approximate surface area is 422 Å². The molecule has 0 aromatic rings. The van der Waals surface area contributed by atoms with Crippen LogP contribution in [-0.4, -0.2) is 96.7 Å². The summed E-state index contributed by atoms with van der Waals surface area (Å²) in [5.41, 5.74) is 0. The average Bonchev–Trinajstić information content (AvgIpc) is 3.31. The quantitative estimate of drug-likeness (QED) is 0.0222. The maximum atomic E-state index is 12.8. The van der Waals surface area contributed by atoms with Crippen LogP contribution in [0.2, 0.25) is 0 Å². The lowest BCUT2D eigenvalue weighted by Gasteiger charge is -2.21. The molecule has 0 spiro atoms. The summed E-state index contributed by atoms with van der Waals surface area (Å²) in [7, 11) is -9.84. The van der Waals surface area contributed by atoms with Crippen molar-refractivity contribution in [3.05, 3.63) is 0 Å². The van der Waals surface area contributed by atoms with Gasteiger partial charge in [0.05, 0.1) is 26.4 Å². The highest BCUT2D eigenvalue weighted by Gasteiger charge is 2.30. The fourth-order valence-corrected chi connectivity index (χ4v) is 8.86. The van der Waals surface area contributed by atoms with Gasteiger partial charge in [-0.25, -0.2) is 9.13 Å². The van der Waals surface area contributed by atoms with E-state index in [9.17, 15) is 43.2 Å². The van der Waals surface area contributed by atoms with Crippen LogP contribution in [-0.2, 0) is 65.4 Å². The molecule has 0 bridgehead atoms. The molecule has 414 valence electrons. The molecule has 2 unspecified atom stereocenters. The molecule has 17 nitrogen and oxygen atoms in total. The van der Waals surface area contributed by atoms with Crippen molar-refractivity contribution in [3.8, 4) is 0 Å². The summed E-state index contributed by atoms with van der Waals surface area (Å²) in [6.07, 6.45) is 24.4. The van der Waals surface area contributed by atoms with Gasteiger partial charge in [0.2, 0.25) is 0 Å². The summed E-state index contributed by atoms with van der Waals surface area (Å²) in [6.45, 7) is 6.87. The van der Waals surface area contributed by atoms with E-state index in [0.29, 0.717) is 31.6 Å². The van der Waals surface area contributed by atoms with Crippen LogP contribution >= 0.6 is 15.6 Å². The summed E-state index contributed by atoms with van der Waals surface area (Å²) in [5, 5.41) is 10.4. The van der Waals surface area contributed by atoms with Gasteiger partial charge >= 0.3 is 39.5 Å². The Bertz CT molecular complexity index is 1400. The second kappa shape index (κ2) is 45.7. The summed E-state index contributed by atoms with van der Waals surface area (Å²) in [5.74, 6) is -1.50. The second-order valence-electron chi connectivity index (χ2n) is 19.0. The van der Waals surface area contributed by atoms with Crippen LogP contribution in [0.1, 0.15) is 240 Å². The molecule has 0 aromatic carbocycles. The summed E-state index contributed by atoms with van der Waals surface area (Å²) >= 11 is 0. The zero-order valence-corrected chi connectivity index (χ0v) is 45.9. The zero-order valence-electron chi connectivity index (χ0n) is 44.1. The molecule has 70 heavy (non-hydrogen) atoms. The number of aliphatic hydroxyl groups is 1. The van der Waals surface area contributed by atoms with Gasteiger partial charge in [0, 0.05) is 25.7 Å². The van der Waals surface area contributed by atoms with Crippen molar-refractivity contribution in [1.82, 2.24) is 0 Å². The number of carbonyl (C=O) groups excluding carboxylic acids is 4. The molecule has 0 radical (unpaired) electrons. The van der Waals surface area contributed by atoms with Crippen molar-refractivity contribution in [2.24, 2.45) is 5.92 Å². The summed E-state index contributed by atoms with van der Waals surface area (Å²) < 4.78 is 67.1. The number of phosphoric acid groups is 2. The van der Waals surface area contributed by atoms with E-state index < -0.39 is 97.5 Å². The van der Waals surface area contributed by atoms with E-state index in [1.165, 1.54) is 25.7 Å². The molecule has 0 aromatic heterocycles. The Balaban J connectivity index is 5.18. The van der Waals surface area contributed by atoms with Gasteiger partial charge in [-0.1, -0.05) is 189 Å². The average molecular weight is 1050 g/mol. The molecule has 0 fully saturated rings. The SMILES string of the molecule is CCCCCCCCCC(=O)OC[C@H](COP(=O)(O)OC[C@H](O)COP(=O)(O)OC[C@@H](COC(=O)CCCCCCCCC)OC(=O)CCCCCCCCC(C)C)OC(=O)CCCCCCCCC. The van der Waals surface area contributed by atoms with E-state index in [2.05, 4.69) is 34.6 Å². The Morgan fingerprint density at radius 2 is 0.657 bits per heavy atom. The minimum absolute atomic E-state index is 0.101. The highest BCUT2D eigenvalue weighted by Crippen LogP contribution is 2.45. The Morgan fingerprint density at radius 1 is 0.386 bits per heavy atom. The molecule has 0 rings (SSSR count). The fourth-order valence-electron chi connectivity index (χ4n) is 7.28. The molecular formula is C51H98O17P2. The van der Waals surface area contributed by atoms with Crippen LogP contribution in [0.5, 0.6) is 0 Å². The van der Waals surface area contributed by atoms with Crippen molar-refractivity contribution in [2.45, 2.75) is 258 Å². The molecule has 3 N–H and O–H groups in total. The van der Waals surface area contributed by atoms with E-state index in [1.54, 1.807) is 0 Å². The number of phosphoric ester groups is 2. The lowest BCUT2D eigenvalue weighted by atomic mass is 10.0. The minimum atomic E-state index is -4.92. The first-order chi connectivity index (χ1) is 33.5. The number of esters is 4. The molecule has 0 aliphatic rings. The van der Waals surface area contributed by atoms with Crippen molar-refractivity contribution >= 4 is 39.5 Å². The van der Waals surface area contributed by atoms with Crippen LogP contribution in [0, 0.1) is 5.92 Å². The number of aliphatic hydroxyl groups excluding tert-OH is 1. The summed E-state index contributed by atoms with van der Waals surface area (Å²) in [6, 6.07) is 0. The number of unbranched alkanes of at least 4 members (excludes halogenated alkanes) is 23. The van der Waals surface area contributed by atoms with Gasteiger partial charge in [0.15, 0.2) is 12.2 Å². The van der Waals surface area contributed by atoms with Crippen LogP contribution in [0.4, 0.5) is 0 Å². The molecule has 0 saturated carbocycles. The lowest BCUT2D eigenvalue weighted by molar-refractivity contribution is -0.161. The standard InChI is InChI=1S/C51H98O17P2/c1-6-9-12-15-18-24-29-34-48(53)61-40-46(67-50(55)36-31-26-20-17-14-11-8-3)42-65-69(57,58)63-38-45(52)39-64-70(59,60)66-43-47(41-62-49(54)35-30-25-19-16-13-10-7-2)68-51(56)37-32-27-22-21-23-28-33-44(4)5/h44-47,52H,6-43H2,1-5H3,(H,57,58)(H,59,60)/t45-,46+,47+/m0/s1. The van der Waals surface area contributed by atoms with E-state index in [0.717, 1.165) is 128 Å². The van der Waals surface area contributed by atoms with E-state index in [1.807, 2.05) is 0 Å². The van der Waals surface area contributed by atoms with Crippen molar-refractivity contribution in [3.63, 3.8) is 0 Å². The van der Waals surface area contributed by atoms with Crippen LogP contribution in [0.3, 0.4) is 0 Å². The Kier molecular flexibility index (Phi) is 44.4. The molecule has 5 atom stereocenters. The second-order valence-corrected chi connectivity index (χ2v) is 21.9. The molecule has 0 heterocycles. The first-order valence-corrected chi connectivity index (χ1v) is 30.1. The normalized spacial score (nSPS) is 14.6. The first-order valence-electron chi connectivity index (χ1n) is 27.1. The topological polar surface area (TPSA) is 237 Å². The number of carbonyl (C=O) groups is 4. The zero-order chi connectivity index (χ0) is 52.1. The molecule has 0 saturated heterocycles. The molecule has 0 aliphatic heterocycles. The number of ether oxygens (including phenoxy) is 4. The van der Waals surface area contributed by atoms with E-state index in [4.69, 9.17) is 37.0 Å². The van der Waals surface area contributed by atoms with Gasteiger partial charge in [-0.2, -0.15) is 0 Å². The maximum absolute atomic E-state index is 12.8. The minimum Gasteiger partial charge on any atom is -0.462 e. The van der Waals surface area contributed by atoms with Gasteiger partial charge < -0.3 is 33.8 Å². The van der Waals surface area contributed by atoms with E-state index in [-0.39, 0.29) is 25.7 Å². The lowest BCUT2D eigenvalue weighted by Crippen LogP contribution is -2.30. The number of hydrogen-bond acceptors (Lipinski definition) is 15. The molecular weight excluding hydrogens is 946 g/mol. The monoisotopic (exact) mass is 1040 g/mol. The van der Waals surface area contributed by atoms with Gasteiger partial charge in [-0.15, -0.1) is 0 Å². The Morgan fingerprint density at radius 3 is 0.971 bits per heavy atom. The third-order valence-corrected chi connectivity index (χ3v) is 13.4. The van der Waals surface area contributed by atoms with Gasteiger partial charge in [0.25, 0.3) is 0 Å². The molecule has 0 aliphatic carbocycles. The Hall–Kier alpha value is -1.94. The molecule has 19 heteroatoms. The maximum Gasteiger partial charge on any atom is 0.472 e. The van der Waals surface area contributed by atoms with Crippen molar-refractivity contribution in [2.75, 3.05) is 39.6 Å². The number of hydrogen-bond donors (Lipinski definition) is 3. The van der Waals surface area contributed by atoms with Crippen LogP contribution in [0.25, 0.3) is 0 Å². The van der Waals surface area contributed by atoms with Gasteiger partial charge in [-0.3, -0.25) is 37.3 Å². The van der Waals surface area contributed by atoms with Gasteiger partial charge in [0.1, 0.15) is 19.3 Å².